The van der Waals surface area contributed by atoms with Gasteiger partial charge in [0.2, 0.25) is 5.91 Å². The molecule has 0 atom stereocenters. The van der Waals surface area contributed by atoms with Crippen molar-refractivity contribution in [2.45, 2.75) is 26.2 Å². The van der Waals surface area contributed by atoms with Crippen molar-refractivity contribution in [1.82, 2.24) is 15.5 Å². The molecule has 0 heterocycles. The van der Waals surface area contributed by atoms with Gasteiger partial charge in [-0.2, -0.15) is 0 Å². The summed E-state index contributed by atoms with van der Waals surface area (Å²) >= 11 is 5.95. The summed E-state index contributed by atoms with van der Waals surface area (Å²) in [5.41, 5.74) is 1.10. The van der Waals surface area contributed by atoms with Gasteiger partial charge < -0.3 is 15.5 Å². The highest BCUT2D eigenvalue weighted by molar-refractivity contribution is 6.30. The number of nitrogens with zero attached hydrogens (tertiary/aromatic N) is 2. The third kappa shape index (κ3) is 6.48. The second kappa shape index (κ2) is 8.77. The van der Waals surface area contributed by atoms with E-state index in [2.05, 4.69) is 29.5 Å². The predicted molar refractivity (Wildman–Crippen MR) is 97.2 cm³/mol. The molecule has 0 radical (unpaired) electrons. The first-order chi connectivity index (χ1) is 10.8. The summed E-state index contributed by atoms with van der Waals surface area (Å²) in [6.07, 6.45) is 0. The van der Waals surface area contributed by atoms with Crippen molar-refractivity contribution in [3.8, 4) is 0 Å². The predicted octanol–water partition coefficient (Wildman–Crippen LogP) is 2.26. The third-order valence-corrected chi connectivity index (χ3v) is 3.79. The van der Waals surface area contributed by atoms with Crippen LogP contribution in [0, 0.1) is 0 Å². The first-order valence-electron chi connectivity index (χ1n) is 7.74. The van der Waals surface area contributed by atoms with Gasteiger partial charge in [0.05, 0.1) is 0 Å². The largest absolute Gasteiger partial charge is 0.357 e. The number of benzene rings is 1. The fraction of sp³-hybridized carbons (Fsp3) is 0.529. The standard InChI is InChI=1S/C17H27ClN4O/c1-6-19-16(20-11-15(23)22(4)5)21-12-17(2,3)13-7-9-14(18)10-8-13/h7-10H,6,11-12H2,1-5H3,(H2,19,20,21). The molecule has 1 amide bonds. The first-order valence-corrected chi connectivity index (χ1v) is 8.12. The number of carbonyl (C=O) groups is 1. The van der Waals surface area contributed by atoms with Crippen molar-refractivity contribution in [2.75, 3.05) is 33.7 Å². The average Bonchev–Trinajstić information content (AvgIpc) is 2.50. The molecule has 0 saturated heterocycles. The Bertz CT molecular complexity index is 538. The van der Waals surface area contributed by atoms with Gasteiger partial charge in [-0.25, -0.2) is 4.99 Å². The molecule has 0 unspecified atom stereocenters. The quantitative estimate of drug-likeness (QED) is 0.618. The zero-order valence-electron chi connectivity index (χ0n) is 14.6. The van der Waals surface area contributed by atoms with E-state index in [4.69, 9.17) is 11.6 Å². The molecule has 6 heteroatoms. The van der Waals surface area contributed by atoms with Crippen LogP contribution in [0.15, 0.2) is 29.3 Å². The Kier molecular flexibility index (Phi) is 7.36. The van der Waals surface area contributed by atoms with E-state index in [1.165, 1.54) is 10.5 Å². The molecule has 1 aromatic rings. The molecular formula is C17H27ClN4O. The van der Waals surface area contributed by atoms with E-state index in [1.807, 2.05) is 31.2 Å². The maximum absolute atomic E-state index is 11.7. The summed E-state index contributed by atoms with van der Waals surface area (Å²) in [6, 6.07) is 7.86. The van der Waals surface area contributed by atoms with Crippen molar-refractivity contribution in [3.05, 3.63) is 34.9 Å². The highest BCUT2D eigenvalue weighted by atomic mass is 35.5. The number of carbonyl (C=O) groups excluding carboxylic acids is 1. The van der Waals surface area contributed by atoms with Gasteiger partial charge in [0.1, 0.15) is 6.54 Å². The van der Waals surface area contributed by atoms with Crippen LogP contribution in [0.4, 0.5) is 0 Å². The maximum atomic E-state index is 11.7. The molecule has 0 aliphatic rings. The Morgan fingerprint density at radius 1 is 1.22 bits per heavy atom. The minimum Gasteiger partial charge on any atom is -0.357 e. The van der Waals surface area contributed by atoms with Crippen molar-refractivity contribution in [2.24, 2.45) is 4.99 Å². The number of aliphatic imine (C=N–C) groups is 1. The van der Waals surface area contributed by atoms with Crippen LogP contribution in [0.25, 0.3) is 0 Å². The van der Waals surface area contributed by atoms with Crippen LogP contribution < -0.4 is 10.6 Å². The van der Waals surface area contributed by atoms with Crippen LogP contribution in [0.1, 0.15) is 26.3 Å². The fourth-order valence-electron chi connectivity index (χ4n) is 1.94. The van der Waals surface area contributed by atoms with Crippen LogP contribution in [0.2, 0.25) is 5.02 Å². The van der Waals surface area contributed by atoms with Gasteiger partial charge >= 0.3 is 0 Å². The second-order valence-electron chi connectivity index (χ2n) is 6.23. The van der Waals surface area contributed by atoms with E-state index in [1.54, 1.807) is 14.1 Å². The molecule has 1 rings (SSSR count). The molecule has 1 aromatic carbocycles. The number of likely N-dealkylation sites (N-methyl/N-ethyl adjacent to an activating group) is 1. The molecule has 0 fully saturated rings. The fourth-order valence-corrected chi connectivity index (χ4v) is 2.06. The van der Waals surface area contributed by atoms with Crippen molar-refractivity contribution in [3.63, 3.8) is 0 Å². The molecule has 5 nitrogen and oxygen atoms in total. The average molecular weight is 339 g/mol. The molecule has 0 saturated carbocycles. The maximum Gasteiger partial charge on any atom is 0.243 e. The van der Waals surface area contributed by atoms with E-state index in [-0.39, 0.29) is 17.9 Å². The number of amides is 1. The lowest BCUT2D eigenvalue weighted by Gasteiger charge is -2.27. The minimum atomic E-state index is -0.0909. The van der Waals surface area contributed by atoms with Crippen molar-refractivity contribution >= 4 is 23.5 Å². The van der Waals surface area contributed by atoms with Gasteiger partial charge in [0.25, 0.3) is 0 Å². The molecular weight excluding hydrogens is 312 g/mol. The lowest BCUT2D eigenvalue weighted by Crippen LogP contribution is -2.44. The summed E-state index contributed by atoms with van der Waals surface area (Å²) in [5, 5.41) is 7.19. The molecule has 0 aliphatic carbocycles. The Hall–Kier alpha value is -1.75. The number of guanidine groups is 1. The monoisotopic (exact) mass is 338 g/mol. The first kappa shape index (κ1) is 19.3. The second-order valence-corrected chi connectivity index (χ2v) is 6.66. The lowest BCUT2D eigenvalue weighted by molar-refractivity contribution is -0.127. The molecule has 0 bridgehead atoms. The Morgan fingerprint density at radius 3 is 2.35 bits per heavy atom. The summed E-state index contributed by atoms with van der Waals surface area (Å²) in [6.45, 7) is 7.86. The van der Waals surface area contributed by atoms with Crippen LogP contribution in [-0.2, 0) is 10.2 Å². The van der Waals surface area contributed by atoms with Gasteiger partial charge in [-0.05, 0) is 24.6 Å². The smallest absolute Gasteiger partial charge is 0.243 e. The van der Waals surface area contributed by atoms with Gasteiger partial charge in [0.15, 0.2) is 5.96 Å². The van der Waals surface area contributed by atoms with Crippen LogP contribution in [0.5, 0.6) is 0 Å². The van der Waals surface area contributed by atoms with Gasteiger partial charge in [-0.1, -0.05) is 37.6 Å². The molecule has 2 N–H and O–H groups in total. The molecule has 23 heavy (non-hydrogen) atoms. The van der Waals surface area contributed by atoms with E-state index in [0.29, 0.717) is 12.5 Å². The Balaban J connectivity index is 2.71. The van der Waals surface area contributed by atoms with Crippen LogP contribution in [0.3, 0.4) is 0 Å². The third-order valence-electron chi connectivity index (χ3n) is 3.54. The number of hydrogen-bond donors (Lipinski definition) is 2. The molecule has 0 aliphatic heterocycles. The Labute approximate surface area is 144 Å². The van der Waals surface area contributed by atoms with E-state index in [0.717, 1.165) is 11.6 Å². The van der Waals surface area contributed by atoms with Crippen LogP contribution in [-0.4, -0.2) is 50.5 Å². The molecule has 128 valence electrons. The zero-order chi connectivity index (χ0) is 17.5. The zero-order valence-corrected chi connectivity index (χ0v) is 15.4. The highest BCUT2D eigenvalue weighted by Gasteiger charge is 2.21. The molecule has 0 aromatic heterocycles. The van der Waals surface area contributed by atoms with E-state index < -0.39 is 0 Å². The number of rotatable bonds is 6. The van der Waals surface area contributed by atoms with E-state index in [9.17, 15) is 4.79 Å². The summed E-state index contributed by atoms with van der Waals surface area (Å²) in [5.74, 6) is 0.615. The van der Waals surface area contributed by atoms with Gasteiger partial charge in [-0.15, -0.1) is 0 Å². The van der Waals surface area contributed by atoms with E-state index >= 15 is 0 Å². The molecule has 0 spiro atoms. The lowest BCUT2D eigenvalue weighted by atomic mass is 9.85. The van der Waals surface area contributed by atoms with Crippen molar-refractivity contribution < 1.29 is 4.79 Å². The number of nitrogens with one attached hydrogen (secondary N) is 2. The summed E-state index contributed by atoms with van der Waals surface area (Å²) < 4.78 is 0. The summed E-state index contributed by atoms with van der Waals surface area (Å²) in [4.78, 5) is 17.5. The minimum absolute atomic E-state index is 0.0286. The Morgan fingerprint density at radius 2 is 1.83 bits per heavy atom. The SMILES string of the molecule is CCNC(=NCC(=O)N(C)C)NCC(C)(C)c1ccc(Cl)cc1. The number of hydrogen-bond acceptors (Lipinski definition) is 2. The van der Waals surface area contributed by atoms with Crippen molar-refractivity contribution in [1.29, 1.82) is 0 Å². The normalized spacial score (nSPS) is 12.0. The topological polar surface area (TPSA) is 56.7 Å². The number of halogens is 1. The highest BCUT2D eigenvalue weighted by Crippen LogP contribution is 2.23. The van der Waals surface area contributed by atoms with Gasteiger partial charge in [-0.3, -0.25) is 4.79 Å². The van der Waals surface area contributed by atoms with Crippen LogP contribution >= 0.6 is 11.6 Å². The summed E-state index contributed by atoms with van der Waals surface area (Å²) in [7, 11) is 3.45. The van der Waals surface area contributed by atoms with Gasteiger partial charge in [0, 0.05) is 37.6 Å².